The molecule has 1 atom stereocenters. The van der Waals surface area contributed by atoms with E-state index in [4.69, 9.17) is 26.1 Å². The molecule has 1 fully saturated rings. The predicted molar refractivity (Wildman–Crippen MR) is 176 cm³/mol. The summed E-state index contributed by atoms with van der Waals surface area (Å²) < 4.78 is 12.7. The molecule has 0 saturated heterocycles. The van der Waals surface area contributed by atoms with E-state index in [9.17, 15) is 14.7 Å². The monoisotopic (exact) mass is 701 g/mol. The van der Waals surface area contributed by atoms with Crippen molar-refractivity contribution in [2.45, 2.75) is 65.3 Å². The van der Waals surface area contributed by atoms with Crippen molar-refractivity contribution >= 4 is 50.8 Å². The van der Waals surface area contributed by atoms with E-state index in [0.717, 1.165) is 39.8 Å². The normalized spacial score (nSPS) is 13.3. The van der Waals surface area contributed by atoms with Gasteiger partial charge in [-0.05, 0) is 62.3 Å². The summed E-state index contributed by atoms with van der Waals surface area (Å²) in [5.41, 5.74) is 4.27. The minimum Gasteiger partial charge on any atom is -0.548 e. The van der Waals surface area contributed by atoms with E-state index in [2.05, 4.69) is 12.2 Å². The molecule has 1 unspecified atom stereocenters. The molecular formula is C32H41ClKN3O8S. The van der Waals surface area contributed by atoms with Gasteiger partial charge in [0.25, 0.3) is 5.91 Å². The molecule has 2 aromatic heterocycles. The average molecular weight is 702 g/mol. The number of carbonyl (C=O) groups excluding carboxylic acids is 2. The predicted octanol–water partition coefficient (Wildman–Crippen LogP) is 1.27. The second kappa shape index (κ2) is 17.9. The van der Waals surface area contributed by atoms with Crippen molar-refractivity contribution in [1.29, 1.82) is 0 Å². The van der Waals surface area contributed by atoms with Crippen LogP contribution in [0.2, 0.25) is 5.02 Å². The summed E-state index contributed by atoms with van der Waals surface area (Å²) in [5.74, 6) is 0.0389. The van der Waals surface area contributed by atoms with Gasteiger partial charge in [-0.25, -0.2) is 4.98 Å². The Bertz CT molecular complexity index is 1670. The molecule has 0 radical (unpaired) electrons. The Morgan fingerprint density at radius 2 is 1.70 bits per heavy atom. The molecule has 2 heterocycles. The van der Waals surface area contributed by atoms with Crippen LogP contribution < -0.4 is 71.3 Å². The summed E-state index contributed by atoms with van der Waals surface area (Å²) in [7, 11) is 3.14. The number of amides is 1. The minimum absolute atomic E-state index is 0. The smallest absolute Gasteiger partial charge is 0.548 e. The number of thiazole rings is 1. The third-order valence-electron chi connectivity index (χ3n) is 8.22. The minimum atomic E-state index is -1.27. The van der Waals surface area contributed by atoms with Crippen molar-refractivity contribution in [3.63, 3.8) is 0 Å². The molecule has 1 aliphatic rings. The number of aromatic nitrogens is 2. The van der Waals surface area contributed by atoms with Crippen LogP contribution in [0.3, 0.4) is 0 Å². The quantitative estimate of drug-likeness (QED) is 0.255. The zero-order valence-corrected chi connectivity index (χ0v) is 31.7. The number of nitrogens with zero attached hydrogens (tertiary/aromatic N) is 2. The Hall–Kier alpha value is -2.04. The van der Waals surface area contributed by atoms with Gasteiger partial charge in [0.05, 0.1) is 43.0 Å². The number of nitrogens with one attached hydrogen (secondary N) is 1. The van der Waals surface area contributed by atoms with Crippen LogP contribution in [0.5, 0.6) is 11.5 Å². The first kappa shape index (κ1) is 42.0. The first-order valence-corrected chi connectivity index (χ1v) is 15.3. The number of aryl methyl sites for hydroxylation is 2. The maximum atomic E-state index is 13.7. The van der Waals surface area contributed by atoms with Gasteiger partial charge < -0.3 is 40.4 Å². The Morgan fingerprint density at radius 1 is 1.04 bits per heavy atom. The van der Waals surface area contributed by atoms with Crippen LogP contribution in [-0.2, 0) is 11.3 Å². The molecule has 46 heavy (non-hydrogen) atoms. The number of anilines is 1. The van der Waals surface area contributed by atoms with Crippen LogP contribution >= 0.6 is 22.9 Å². The number of aliphatic carboxylic acids is 1. The molecule has 1 amide bonds. The number of carboxylic acids is 1. The topological polar surface area (TPSA) is 200 Å². The fourth-order valence-corrected chi connectivity index (χ4v) is 7.59. The van der Waals surface area contributed by atoms with Gasteiger partial charge in [-0.3, -0.25) is 10.1 Å². The fraction of sp³-hybridized carbons (Fsp3) is 0.406. The maximum absolute atomic E-state index is 13.7. The van der Waals surface area contributed by atoms with Crippen molar-refractivity contribution in [2.75, 3.05) is 19.5 Å². The molecule has 2 aromatic carbocycles. The molecule has 0 spiro atoms. The summed E-state index contributed by atoms with van der Waals surface area (Å²) in [6, 6.07) is 9.17. The number of hydrogen-bond acceptors (Lipinski definition) is 7. The number of hydrogen-bond donors (Lipinski definition) is 1. The molecule has 7 N–H and O–H groups in total. The van der Waals surface area contributed by atoms with E-state index in [1.54, 1.807) is 26.4 Å². The average Bonchev–Trinajstić information content (AvgIpc) is 3.54. The van der Waals surface area contributed by atoms with Crippen LogP contribution in [0.15, 0.2) is 30.3 Å². The SMILES string of the molecule is COc1cc(-c2nc(NC(=O)c3cc4cc(C)cc(C)c4n3CC(=O)[O-])sc2C(C)C2CCCCC2)c(OC)cc1Cl.O.O.O.[K+]. The first-order chi connectivity index (χ1) is 20.1. The van der Waals surface area contributed by atoms with Crippen molar-refractivity contribution in [3.05, 3.63) is 57.1 Å². The van der Waals surface area contributed by atoms with Crippen LogP contribution in [0.1, 0.15) is 71.4 Å². The second-order valence-electron chi connectivity index (χ2n) is 11.1. The van der Waals surface area contributed by atoms with E-state index in [-0.39, 0.29) is 79.4 Å². The van der Waals surface area contributed by atoms with Crippen molar-refractivity contribution in [3.8, 4) is 22.8 Å². The van der Waals surface area contributed by atoms with Crippen LogP contribution in [0, 0.1) is 19.8 Å². The molecule has 14 heteroatoms. The van der Waals surface area contributed by atoms with E-state index in [1.807, 2.05) is 32.0 Å². The van der Waals surface area contributed by atoms with Gasteiger partial charge in [0, 0.05) is 21.9 Å². The first-order valence-electron chi connectivity index (χ1n) is 14.2. The van der Waals surface area contributed by atoms with Crippen molar-refractivity contribution < 1.29 is 92.0 Å². The second-order valence-corrected chi connectivity index (χ2v) is 12.5. The molecule has 5 rings (SSSR count). The van der Waals surface area contributed by atoms with Gasteiger partial charge in [-0.1, -0.05) is 49.4 Å². The summed E-state index contributed by atoms with van der Waals surface area (Å²) >= 11 is 7.85. The number of methoxy groups -OCH3 is 2. The van der Waals surface area contributed by atoms with E-state index < -0.39 is 18.4 Å². The number of halogens is 1. The Kier molecular flexibility index (Phi) is 16.4. The summed E-state index contributed by atoms with van der Waals surface area (Å²) in [5, 5.41) is 16.3. The number of carboxylic acid groups (broad SMARTS) is 1. The molecule has 0 aliphatic heterocycles. The zero-order chi connectivity index (χ0) is 30.1. The van der Waals surface area contributed by atoms with Gasteiger partial charge in [0.15, 0.2) is 5.13 Å². The number of ether oxygens (including phenoxy) is 2. The fourth-order valence-electron chi connectivity index (χ4n) is 6.24. The van der Waals surface area contributed by atoms with E-state index in [0.29, 0.717) is 38.8 Å². The molecule has 1 saturated carbocycles. The van der Waals surface area contributed by atoms with Gasteiger partial charge in [-0.2, -0.15) is 0 Å². The van der Waals surface area contributed by atoms with Crippen LogP contribution in [0.25, 0.3) is 22.2 Å². The van der Waals surface area contributed by atoms with Gasteiger partial charge >= 0.3 is 51.4 Å². The number of carbonyl (C=O) groups is 2. The third-order valence-corrected chi connectivity index (χ3v) is 9.69. The van der Waals surface area contributed by atoms with E-state index in [1.165, 1.54) is 35.2 Å². The Morgan fingerprint density at radius 3 is 2.30 bits per heavy atom. The number of rotatable bonds is 9. The summed E-state index contributed by atoms with van der Waals surface area (Å²) in [4.78, 5) is 31.4. The largest absolute Gasteiger partial charge is 1.00 e. The standard InChI is InChI=1S/C32H36ClN3O5S.K.3H2O/c1-17-11-18(2)29-21(12-17)13-24(36(29)16-27(37)38)31(39)35-32-34-28(22-14-26(41-5)23(33)15-25(22)40-4)30(42-32)19(3)20-9-7-6-8-10-20;;;;/h11-15,19-20H,6-10,16H2,1-5H3,(H,37,38)(H,34,35,39);;3*1H2/q;+1;;;/p-1. The van der Waals surface area contributed by atoms with Crippen LogP contribution in [-0.4, -0.2) is 52.1 Å². The molecule has 11 nitrogen and oxygen atoms in total. The zero-order valence-electron chi connectivity index (χ0n) is 27.0. The molecule has 4 aromatic rings. The third kappa shape index (κ3) is 8.70. The summed E-state index contributed by atoms with van der Waals surface area (Å²) in [6.07, 6.45) is 5.94. The summed E-state index contributed by atoms with van der Waals surface area (Å²) in [6.45, 7) is 5.66. The maximum Gasteiger partial charge on any atom is 1.00 e. The van der Waals surface area contributed by atoms with Crippen molar-refractivity contribution in [2.24, 2.45) is 5.92 Å². The molecule has 246 valence electrons. The van der Waals surface area contributed by atoms with Gasteiger partial charge in [0.2, 0.25) is 0 Å². The molecule has 1 aliphatic carbocycles. The number of benzene rings is 2. The molecular weight excluding hydrogens is 661 g/mol. The Balaban J connectivity index is 0.00000264. The van der Waals surface area contributed by atoms with Gasteiger partial charge in [0.1, 0.15) is 17.2 Å². The van der Waals surface area contributed by atoms with Gasteiger partial charge in [-0.15, -0.1) is 11.3 Å². The molecule has 0 bridgehead atoms. The van der Waals surface area contributed by atoms with Crippen molar-refractivity contribution in [1.82, 2.24) is 9.55 Å². The Labute approximate surface area is 320 Å². The number of fused-ring (bicyclic) bond motifs is 1. The van der Waals surface area contributed by atoms with E-state index >= 15 is 0 Å². The van der Waals surface area contributed by atoms with Crippen LogP contribution in [0.4, 0.5) is 5.13 Å².